The molecule has 4 heterocycles. The Balaban J connectivity index is 1.29. The van der Waals surface area contributed by atoms with Crippen molar-refractivity contribution in [3.8, 4) is 16.3 Å². The molecule has 11 heteroatoms. The van der Waals surface area contributed by atoms with Gasteiger partial charge in [0.2, 0.25) is 5.43 Å². The Bertz CT molecular complexity index is 1720. The first-order valence-corrected chi connectivity index (χ1v) is 15.0. The summed E-state index contributed by atoms with van der Waals surface area (Å²) in [5, 5.41) is 9.29. The second kappa shape index (κ2) is 10.7. The molecule has 2 aromatic carbocycles. The van der Waals surface area contributed by atoms with Gasteiger partial charge in [0, 0.05) is 37.3 Å². The smallest absolute Gasteiger partial charge is 0.276 e. The van der Waals surface area contributed by atoms with Gasteiger partial charge in [-0.15, -0.1) is 10.2 Å². The van der Waals surface area contributed by atoms with Gasteiger partial charge in [-0.25, -0.2) is 8.78 Å². The molecule has 3 aliphatic rings. The molecule has 7 rings (SSSR count). The largest absolute Gasteiger partial charge is 0.483 e. The number of carbonyl (C=O) groups is 1. The number of nitrogens with zero attached hydrogens (tertiary/aromatic N) is 5. The summed E-state index contributed by atoms with van der Waals surface area (Å²) in [7, 11) is 0. The summed E-state index contributed by atoms with van der Waals surface area (Å²) in [5.41, 5.74) is 1.23. The molecule has 2 fully saturated rings. The van der Waals surface area contributed by atoms with Crippen LogP contribution in [0, 0.1) is 11.6 Å². The van der Waals surface area contributed by atoms with Crippen LogP contribution in [0.1, 0.15) is 52.8 Å². The monoisotopic (exact) mass is 589 g/mol. The molecule has 0 unspecified atom stereocenters. The molecule has 42 heavy (non-hydrogen) atoms. The van der Waals surface area contributed by atoms with Crippen molar-refractivity contribution in [2.24, 2.45) is 0 Å². The first kappa shape index (κ1) is 26.9. The van der Waals surface area contributed by atoms with Gasteiger partial charge in [0.25, 0.3) is 5.91 Å². The second-order valence-corrected chi connectivity index (χ2v) is 12.3. The van der Waals surface area contributed by atoms with Gasteiger partial charge in [-0.3, -0.25) is 14.5 Å². The van der Waals surface area contributed by atoms with E-state index in [9.17, 15) is 18.4 Å². The lowest BCUT2D eigenvalue weighted by molar-refractivity contribution is -0.0363. The first-order chi connectivity index (χ1) is 20.4. The summed E-state index contributed by atoms with van der Waals surface area (Å²) >= 11 is 1.16. The van der Waals surface area contributed by atoms with Crippen molar-refractivity contribution in [2.45, 2.75) is 64.0 Å². The molecule has 0 radical (unpaired) electrons. The highest BCUT2D eigenvalue weighted by molar-refractivity contribution is 7.14. The van der Waals surface area contributed by atoms with E-state index in [-0.39, 0.29) is 53.7 Å². The Hall–Kier alpha value is -3.96. The van der Waals surface area contributed by atoms with Crippen LogP contribution in [0.4, 0.5) is 8.78 Å². The Morgan fingerprint density at radius 1 is 1.05 bits per heavy atom. The molecular weight excluding hydrogens is 560 g/mol. The molecule has 1 amide bonds. The normalized spacial score (nSPS) is 20.4. The average molecular weight is 590 g/mol. The van der Waals surface area contributed by atoms with Crippen molar-refractivity contribution >= 4 is 17.2 Å². The van der Waals surface area contributed by atoms with E-state index in [1.165, 1.54) is 12.1 Å². The van der Waals surface area contributed by atoms with Crippen molar-refractivity contribution < 1.29 is 18.3 Å². The topological polar surface area (TPSA) is 80.6 Å². The van der Waals surface area contributed by atoms with Gasteiger partial charge in [0.1, 0.15) is 29.4 Å². The number of pyridine rings is 1. The lowest BCUT2D eigenvalue weighted by Crippen LogP contribution is -2.64. The van der Waals surface area contributed by atoms with Crippen LogP contribution in [-0.2, 0) is 19.6 Å². The summed E-state index contributed by atoms with van der Waals surface area (Å²) < 4.78 is 35.7. The minimum absolute atomic E-state index is 0.00289. The minimum Gasteiger partial charge on any atom is -0.483 e. The SMILES string of the molecule is C[C@H]1CCN(C2CC2)[C@@H]2Cn3cc(-c4nnc(Cc5ccc(F)cc5F)s4)c(=O)c(OCc4ccccc4)c3C(=O)N12. The number of benzene rings is 2. The van der Waals surface area contributed by atoms with E-state index in [0.717, 1.165) is 48.8 Å². The number of ether oxygens (including phenoxy) is 1. The number of carbonyl (C=O) groups excluding carboxylic acids is 1. The molecule has 4 aromatic rings. The maximum absolute atomic E-state index is 14.3. The van der Waals surface area contributed by atoms with E-state index in [0.29, 0.717) is 22.6 Å². The van der Waals surface area contributed by atoms with Crippen molar-refractivity contribution in [1.82, 2.24) is 24.6 Å². The number of aromatic nitrogens is 3. The summed E-state index contributed by atoms with van der Waals surface area (Å²) in [6, 6.07) is 13.4. The van der Waals surface area contributed by atoms with E-state index in [4.69, 9.17) is 4.74 Å². The standard InChI is InChI=1S/C31H29F2N5O3S/c1-18-11-12-37(22-9-10-22)26-16-36-15-23(30-35-34-25(42-30)13-20-7-8-21(32)14-24(20)33)28(39)29(27(36)31(40)38(18)26)41-17-19-5-3-2-4-6-19/h2-8,14-15,18,22,26H,9-13,16-17H2,1H3/t18-,26-/m0/s1. The Morgan fingerprint density at radius 3 is 2.62 bits per heavy atom. The quantitative estimate of drug-likeness (QED) is 0.307. The fraction of sp³-hybridized carbons (Fsp3) is 0.355. The van der Waals surface area contributed by atoms with E-state index in [1.54, 1.807) is 6.20 Å². The Labute approximate surface area is 245 Å². The number of hydrogen-bond acceptors (Lipinski definition) is 7. The van der Waals surface area contributed by atoms with Crippen LogP contribution in [-0.4, -0.2) is 55.3 Å². The van der Waals surface area contributed by atoms with E-state index in [1.807, 2.05) is 39.8 Å². The van der Waals surface area contributed by atoms with Crippen LogP contribution >= 0.6 is 11.3 Å². The second-order valence-electron chi connectivity index (χ2n) is 11.2. The zero-order valence-corrected chi connectivity index (χ0v) is 23.8. The summed E-state index contributed by atoms with van der Waals surface area (Å²) in [6.07, 6.45) is 4.83. The predicted molar refractivity (Wildman–Crippen MR) is 153 cm³/mol. The molecular formula is C31H29F2N5O3S. The van der Waals surface area contributed by atoms with Gasteiger partial charge in [-0.05, 0) is 43.4 Å². The summed E-state index contributed by atoms with van der Waals surface area (Å²) in [5.74, 6) is -1.53. The molecule has 2 aromatic heterocycles. The highest BCUT2D eigenvalue weighted by atomic mass is 32.1. The number of hydrogen-bond donors (Lipinski definition) is 0. The summed E-state index contributed by atoms with van der Waals surface area (Å²) in [4.78, 5) is 32.5. The zero-order valence-electron chi connectivity index (χ0n) is 23.0. The molecule has 2 atom stereocenters. The molecule has 1 saturated heterocycles. The van der Waals surface area contributed by atoms with Crippen molar-refractivity contribution in [3.05, 3.63) is 98.4 Å². The maximum atomic E-state index is 14.3. The van der Waals surface area contributed by atoms with Crippen LogP contribution in [0.25, 0.3) is 10.6 Å². The molecule has 2 aliphatic heterocycles. The number of amides is 1. The van der Waals surface area contributed by atoms with Gasteiger partial charge in [-0.1, -0.05) is 47.7 Å². The lowest BCUT2D eigenvalue weighted by atomic mass is 10.0. The van der Waals surface area contributed by atoms with Crippen molar-refractivity contribution in [2.75, 3.05) is 6.54 Å². The highest BCUT2D eigenvalue weighted by Crippen LogP contribution is 2.38. The molecule has 1 aliphatic carbocycles. The fourth-order valence-corrected chi connectivity index (χ4v) is 6.89. The average Bonchev–Trinajstić information content (AvgIpc) is 3.72. The van der Waals surface area contributed by atoms with Gasteiger partial charge in [0.15, 0.2) is 16.5 Å². The fourth-order valence-electron chi connectivity index (χ4n) is 6.02. The van der Waals surface area contributed by atoms with Gasteiger partial charge in [0.05, 0.1) is 12.1 Å². The predicted octanol–water partition coefficient (Wildman–Crippen LogP) is 4.85. The van der Waals surface area contributed by atoms with Gasteiger partial charge >= 0.3 is 0 Å². The maximum Gasteiger partial charge on any atom is 0.276 e. The van der Waals surface area contributed by atoms with E-state index >= 15 is 0 Å². The molecule has 0 bridgehead atoms. The third-order valence-corrected chi connectivity index (χ3v) is 9.27. The molecule has 0 spiro atoms. The van der Waals surface area contributed by atoms with Crippen molar-refractivity contribution in [3.63, 3.8) is 0 Å². The van der Waals surface area contributed by atoms with Crippen LogP contribution in [0.3, 0.4) is 0 Å². The third kappa shape index (κ3) is 4.90. The third-order valence-electron chi connectivity index (χ3n) is 8.31. The number of fused-ring (bicyclic) bond motifs is 2. The number of rotatable bonds is 7. The molecule has 0 N–H and O–H groups in total. The van der Waals surface area contributed by atoms with Crippen molar-refractivity contribution in [1.29, 1.82) is 0 Å². The first-order valence-electron chi connectivity index (χ1n) is 14.2. The van der Waals surface area contributed by atoms with Crippen LogP contribution in [0.5, 0.6) is 5.75 Å². The lowest BCUT2D eigenvalue weighted by Gasteiger charge is -2.50. The molecule has 1 saturated carbocycles. The highest BCUT2D eigenvalue weighted by Gasteiger charge is 2.47. The number of halogens is 2. The van der Waals surface area contributed by atoms with Crippen LogP contribution < -0.4 is 10.2 Å². The Morgan fingerprint density at radius 2 is 1.86 bits per heavy atom. The van der Waals surface area contributed by atoms with Crippen LogP contribution in [0.15, 0.2) is 59.5 Å². The summed E-state index contributed by atoms with van der Waals surface area (Å²) in [6.45, 7) is 3.62. The van der Waals surface area contributed by atoms with Gasteiger partial charge in [-0.2, -0.15) is 0 Å². The Kier molecular flexibility index (Phi) is 6.86. The molecule has 8 nitrogen and oxygen atoms in total. The van der Waals surface area contributed by atoms with E-state index < -0.39 is 17.1 Å². The minimum atomic E-state index is -0.665. The van der Waals surface area contributed by atoms with E-state index in [2.05, 4.69) is 22.0 Å². The van der Waals surface area contributed by atoms with Crippen LogP contribution in [0.2, 0.25) is 0 Å². The van der Waals surface area contributed by atoms with Gasteiger partial charge < -0.3 is 14.2 Å². The molecule has 216 valence electrons. The zero-order chi connectivity index (χ0) is 29.0.